The van der Waals surface area contributed by atoms with E-state index in [9.17, 15) is 0 Å². The molecule has 1 aromatic rings. The van der Waals surface area contributed by atoms with Crippen LogP contribution in [0.25, 0.3) is 5.57 Å². The zero-order chi connectivity index (χ0) is 9.97. The molecule has 0 saturated heterocycles. The summed E-state index contributed by atoms with van der Waals surface area (Å²) < 4.78 is 0. The molecule has 1 aliphatic rings. The lowest BCUT2D eigenvalue weighted by molar-refractivity contribution is 0.419. The van der Waals surface area contributed by atoms with Crippen molar-refractivity contribution in [2.24, 2.45) is 0 Å². The molecule has 14 heavy (non-hydrogen) atoms. The van der Waals surface area contributed by atoms with Gasteiger partial charge in [-0.05, 0) is 32.2 Å². The second-order valence-corrected chi connectivity index (χ2v) is 3.85. The van der Waals surface area contributed by atoms with Crippen molar-refractivity contribution in [2.75, 3.05) is 20.6 Å². The van der Waals surface area contributed by atoms with E-state index in [-0.39, 0.29) is 0 Å². The standard InChI is InChI=1S/C12H15N2/c1-14(2)8-7-10-9-13-12-6-4-3-5-11(10)12/h3-6,9H,7-8H2,1-2H3. The zero-order valence-electron chi connectivity index (χ0n) is 8.70. The van der Waals surface area contributed by atoms with Crippen LogP contribution in [0.5, 0.6) is 0 Å². The van der Waals surface area contributed by atoms with E-state index in [4.69, 9.17) is 0 Å². The first-order chi connectivity index (χ1) is 6.77. The van der Waals surface area contributed by atoms with E-state index in [1.807, 2.05) is 12.3 Å². The summed E-state index contributed by atoms with van der Waals surface area (Å²) in [6.07, 6.45) is 3.07. The highest BCUT2D eigenvalue weighted by Crippen LogP contribution is 2.31. The van der Waals surface area contributed by atoms with E-state index < -0.39 is 0 Å². The van der Waals surface area contributed by atoms with Crippen LogP contribution in [-0.2, 0) is 0 Å². The van der Waals surface area contributed by atoms with Crippen molar-refractivity contribution in [3.05, 3.63) is 36.0 Å². The summed E-state index contributed by atoms with van der Waals surface area (Å²) in [6.45, 7) is 1.08. The normalized spacial score (nSPS) is 13.8. The van der Waals surface area contributed by atoms with Gasteiger partial charge in [0.15, 0.2) is 0 Å². The van der Waals surface area contributed by atoms with Crippen molar-refractivity contribution in [1.82, 2.24) is 10.2 Å². The van der Waals surface area contributed by atoms with E-state index >= 15 is 0 Å². The Labute approximate surface area is 85.2 Å². The first kappa shape index (κ1) is 9.28. The summed E-state index contributed by atoms with van der Waals surface area (Å²) >= 11 is 0. The Morgan fingerprint density at radius 3 is 2.79 bits per heavy atom. The van der Waals surface area contributed by atoms with E-state index in [1.165, 1.54) is 11.1 Å². The molecule has 0 bridgehead atoms. The minimum atomic E-state index is 1.08. The third-order valence-electron chi connectivity index (χ3n) is 2.44. The Morgan fingerprint density at radius 2 is 2.00 bits per heavy atom. The second-order valence-electron chi connectivity index (χ2n) is 3.85. The lowest BCUT2D eigenvalue weighted by Crippen LogP contribution is -2.12. The summed E-state index contributed by atoms with van der Waals surface area (Å²) in [5.74, 6) is 0. The maximum Gasteiger partial charge on any atom is 0.0705 e. The fourth-order valence-electron chi connectivity index (χ4n) is 1.62. The topological polar surface area (TPSA) is 17.3 Å². The third-order valence-corrected chi connectivity index (χ3v) is 2.44. The number of hydrogen-bond acceptors (Lipinski definition) is 1. The van der Waals surface area contributed by atoms with Gasteiger partial charge in [-0.1, -0.05) is 18.2 Å². The Kier molecular flexibility index (Phi) is 2.55. The lowest BCUT2D eigenvalue weighted by Gasteiger charge is -2.09. The van der Waals surface area contributed by atoms with Crippen LogP contribution in [-0.4, -0.2) is 25.5 Å². The van der Waals surface area contributed by atoms with Crippen LogP contribution in [0.15, 0.2) is 30.5 Å². The van der Waals surface area contributed by atoms with Crippen molar-refractivity contribution < 1.29 is 0 Å². The van der Waals surface area contributed by atoms with Gasteiger partial charge in [0.05, 0.1) is 5.69 Å². The Balaban J connectivity index is 2.09. The predicted molar refractivity (Wildman–Crippen MR) is 59.4 cm³/mol. The number of nitrogens with zero attached hydrogens (tertiary/aromatic N) is 2. The molecule has 0 amide bonds. The molecule has 0 atom stereocenters. The smallest absolute Gasteiger partial charge is 0.0705 e. The highest BCUT2D eigenvalue weighted by Gasteiger charge is 2.13. The third kappa shape index (κ3) is 1.80. The van der Waals surface area contributed by atoms with Gasteiger partial charge in [0.1, 0.15) is 0 Å². The minimum absolute atomic E-state index is 1.08. The quantitative estimate of drug-likeness (QED) is 0.709. The fraction of sp³-hybridized carbons (Fsp3) is 0.333. The van der Waals surface area contributed by atoms with Gasteiger partial charge in [-0.25, -0.2) is 0 Å². The average Bonchev–Trinajstić information content (AvgIpc) is 2.58. The Hall–Kier alpha value is -1.28. The summed E-state index contributed by atoms with van der Waals surface area (Å²) in [5.41, 5.74) is 3.77. The number of hydrogen-bond donors (Lipinski definition) is 0. The number of fused-ring (bicyclic) bond motifs is 1. The van der Waals surface area contributed by atoms with Crippen LogP contribution in [0.2, 0.25) is 0 Å². The lowest BCUT2D eigenvalue weighted by atomic mass is 10.0. The average molecular weight is 187 g/mol. The monoisotopic (exact) mass is 187 g/mol. The van der Waals surface area contributed by atoms with E-state index in [1.54, 1.807) is 0 Å². The van der Waals surface area contributed by atoms with Gasteiger partial charge in [-0.2, -0.15) is 0 Å². The van der Waals surface area contributed by atoms with Crippen LogP contribution in [0.1, 0.15) is 12.0 Å². The fourth-order valence-corrected chi connectivity index (χ4v) is 1.62. The maximum atomic E-state index is 4.38. The number of benzene rings is 1. The number of rotatable bonds is 3. The summed E-state index contributed by atoms with van der Waals surface area (Å²) in [4.78, 5) is 2.20. The molecule has 2 nitrogen and oxygen atoms in total. The zero-order valence-corrected chi connectivity index (χ0v) is 8.70. The molecule has 2 rings (SSSR count). The van der Waals surface area contributed by atoms with Gasteiger partial charge in [0.25, 0.3) is 0 Å². The van der Waals surface area contributed by atoms with Crippen LogP contribution < -0.4 is 5.32 Å². The molecular formula is C12H15N2. The molecule has 1 heterocycles. The molecule has 2 heteroatoms. The predicted octanol–water partition coefficient (Wildman–Crippen LogP) is 2.23. The molecule has 0 fully saturated rings. The van der Waals surface area contributed by atoms with E-state index in [0.717, 1.165) is 18.7 Å². The van der Waals surface area contributed by atoms with Crippen molar-refractivity contribution in [3.8, 4) is 0 Å². The van der Waals surface area contributed by atoms with Crippen LogP contribution in [0.4, 0.5) is 5.69 Å². The molecule has 1 aliphatic heterocycles. The summed E-state index contributed by atoms with van der Waals surface area (Å²) in [5, 5.41) is 4.38. The Morgan fingerprint density at radius 1 is 1.21 bits per heavy atom. The summed E-state index contributed by atoms with van der Waals surface area (Å²) in [7, 11) is 4.19. The first-order valence-corrected chi connectivity index (χ1v) is 4.91. The molecular weight excluding hydrogens is 172 g/mol. The summed E-state index contributed by atoms with van der Waals surface area (Å²) in [6, 6.07) is 8.32. The highest BCUT2D eigenvalue weighted by atomic mass is 15.0. The van der Waals surface area contributed by atoms with Crippen molar-refractivity contribution >= 4 is 11.3 Å². The van der Waals surface area contributed by atoms with Crippen molar-refractivity contribution in [1.29, 1.82) is 0 Å². The highest BCUT2D eigenvalue weighted by molar-refractivity contribution is 5.79. The molecule has 0 aromatic heterocycles. The SMILES string of the molecule is CN(C)CCC1=C[N]c2ccccc21. The Bertz CT molecular complexity index is 353. The van der Waals surface area contributed by atoms with Gasteiger partial charge in [-0.3, -0.25) is 5.32 Å². The molecule has 0 N–H and O–H groups in total. The number of para-hydroxylation sites is 1. The maximum absolute atomic E-state index is 4.38. The van der Waals surface area contributed by atoms with Crippen LogP contribution >= 0.6 is 0 Å². The molecule has 0 saturated carbocycles. The van der Waals surface area contributed by atoms with Gasteiger partial charge in [0, 0.05) is 18.3 Å². The molecule has 0 spiro atoms. The van der Waals surface area contributed by atoms with Gasteiger partial charge >= 0.3 is 0 Å². The van der Waals surface area contributed by atoms with Crippen LogP contribution in [0.3, 0.4) is 0 Å². The van der Waals surface area contributed by atoms with Crippen LogP contribution in [0, 0.1) is 0 Å². The second kappa shape index (κ2) is 3.84. The van der Waals surface area contributed by atoms with Gasteiger partial charge in [-0.15, -0.1) is 0 Å². The van der Waals surface area contributed by atoms with Crippen molar-refractivity contribution in [2.45, 2.75) is 6.42 Å². The molecule has 1 radical (unpaired) electrons. The van der Waals surface area contributed by atoms with Gasteiger partial charge in [0.2, 0.25) is 0 Å². The van der Waals surface area contributed by atoms with E-state index in [0.29, 0.717) is 0 Å². The van der Waals surface area contributed by atoms with E-state index in [2.05, 4.69) is 42.5 Å². The van der Waals surface area contributed by atoms with Gasteiger partial charge < -0.3 is 4.90 Å². The molecule has 73 valence electrons. The van der Waals surface area contributed by atoms with Crippen molar-refractivity contribution in [3.63, 3.8) is 0 Å². The first-order valence-electron chi connectivity index (χ1n) is 4.91. The molecule has 1 aromatic carbocycles. The molecule has 0 unspecified atom stereocenters. The minimum Gasteiger partial charge on any atom is -0.309 e. The molecule has 0 aliphatic carbocycles. The largest absolute Gasteiger partial charge is 0.309 e.